The second-order valence-electron chi connectivity index (χ2n) is 1.27. The Hall–Kier alpha value is -0.240. The molecule has 0 heterocycles. The monoisotopic (exact) mass is 155 g/mol. The van der Waals surface area contributed by atoms with Crippen molar-refractivity contribution >= 4 is 17.6 Å². The Bertz CT molecular complexity index is 217. The molecule has 0 aromatic rings. The number of ether oxygens (including phenoxy) is 1. The molecule has 0 fully saturated rings. The summed E-state index contributed by atoms with van der Waals surface area (Å²) in [5, 5.41) is 0. The fourth-order valence-electron chi connectivity index (χ4n) is 0.261. The molecule has 0 aromatic carbocycles. The molecule has 0 saturated heterocycles. The molecular weight excluding hydrogens is 140 g/mol. The molecule has 0 bridgehead atoms. The van der Waals surface area contributed by atoms with Crippen molar-refractivity contribution in [3.8, 4) is 0 Å². The molecule has 0 aromatic heterocycles. The topological polar surface area (TPSA) is 26.3 Å². The third-order valence-electron chi connectivity index (χ3n) is 0.559. The number of alkyl halides is 1. The van der Waals surface area contributed by atoms with Gasteiger partial charge in [0.05, 0.1) is 7.20 Å². The molecule has 0 rings (SSSR count). The van der Waals surface area contributed by atoms with Crippen molar-refractivity contribution in [2.24, 2.45) is 0 Å². The van der Waals surface area contributed by atoms with Gasteiger partial charge in [0.15, 0.2) is 0 Å². The molecule has 54 valence electrons. The lowest BCUT2D eigenvalue weighted by molar-refractivity contribution is -0.145. The first-order valence-electron chi connectivity index (χ1n) is 4.80. The van der Waals surface area contributed by atoms with E-state index in [0.29, 0.717) is 0 Å². The van der Waals surface area contributed by atoms with Gasteiger partial charge in [0, 0.05) is 12.4 Å². The predicted octanol–water partition coefficient (Wildman–Crippen LogP) is 1.57. The first-order chi connectivity index (χ1) is 5.92. The van der Waals surface area contributed by atoms with Gasteiger partial charge in [-0.25, -0.2) is 0 Å². The van der Waals surface area contributed by atoms with Crippen molar-refractivity contribution in [2.75, 3.05) is 5.83 Å². The second-order valence-corrected chi connectivity index (χ2v) is 1.46. The van der Waals surface area contributed by atoms with E-state index in [0.717, 1.165) is 13.8 Å². The van der Waals surface area contributed by atoms with Crippen LogP contribution in [0.1, 0.15) is 27.1 Å². The molecule has 0 aliphatic rings. The van der Waals surface area contributed by atoms with E-state index < -0.39 is 24.3 Å². The highest BCUT2D eigenvalue weighted by Gasteiger charge is 2.05. The second kappa shape index (κ2) is 4.62. The van der Waals surface area contributed by atoms with E-state index >= 15 is 0 Å². The summed E-state index contributed by atoms with van der Waals surface area (Å²) in [5.74, 6) is -3.77. The van der Waals surface area contributed by atoms with Crippen LogP contribution in [-0.4, -0.2) is 17.9 Å². The normalized spacial score (nSPS) is 27.7. The molecular formula is C6H11ClO2. The Labute approximate surface area is 67.2 Å². The van der Waals surface area contributed by atoms with Gasteiger partial charge in [-0.15, -0.1) is 11.6 Å². The zero-order valence-electron chi connectivity index (χ0n) is 10.2. The molecule has 0 aliphatic carbocycles. The van der Waals surface area contributed by atoms with Crippen molar-refractivity contribution in [3.05, 3.63) is 0 Å². The van der Waals surface area contributed by atoms with Gasteiger partial charge < -0.3 is 4.74 Å². The van der Waals surface area contributed by atoms with Crippen LogP contribution in [0.5, 0.6) is 0 Å². The zero-order chi connectivity index (χ0) is 11.8. The largest absolute Gasteiger partial charge is 0.461 e. The van der Waals surface area contributed by atoms with Gasteiger partial charge in [-0.3, -0.25) is 4.79 Å². The number of hydrogen-bond donors (Lipinski definition) is 0. The van der Waals surface area contributed by atoms with E-state index in [-0.39, 0.29) is 0 Å². The van der Waals surface area contributed by atoms with Crippen molar-refractivity contribution in [1.29, 1.82) is 0 Å². The van der Waals surface area contributed by atoms with E-state index in [1.54, 1.807) is 0 Å². The van der Waals surface area contributed by atoms with Crippen molar-refractivity contribution < 1.29 is 16.4 Å². The van der Waals surface area contributed by atoms with Crippen LogP contribution >= 0.6 is 11.6 Å². The number of esters is 1. The number of hydrogen-bond acceptors (Lipinski definition) is 2. The van der Waals surface area contributed by atoms with Crippen LogP contribution in [-0.2, 0) is 9.53 Å². The van der Waals surface area contributed by atoms with Crippen LogP contribution in [0.4, 0.5) is 0 Å². The van der Waals surface area contributed by atoms with E-state index in [9.17, 15) is 4.79 Å². The van der Waals surface area contributed by atoms with Crippen LogP contribution in [0.3, 0.4) is 0 Å². The van der Waals surface area contributed by atoms with Crippen molar-refractivity contribution in [2.45, 2.75) is 26.3 Å². The first-order valence-corrected chi connectivity index (χ1v) is 2.68. The lowest BCUT2D eigenvalue weighted by Crippen LogP contribution is -2.16. The minimum Gasteiger partial charge on any atom is -0.461 e. The summed E-state index contributed by atoms with van der Waals surface area (Å²) in [6, 6.07) is 0. The maximum absolute atomic E-state index is 10.6. The van der Waals surface area contributed by atoms with Crippen LogP contribution in [0.15, 0.2) is 0 Å². The molecule has 3 heteroatoms. The highest BCUT2D eigenvalue weighted by molar-refractivity contribution is 6.18. The highest BCUT2D eigenvalue weighted by atomic mass is 35.5. The smallest absolute Gasteiger partial charge is 0.302 e. The zero-order valence-corrected chi connectivity index (χ0v) is 5.95. The SMILES string of the molecule is [2H]C([2H])(C)[C@]([2H])(OC(C)=O)C([2H])([2H])Cl. The Kier molecular flexibility index (Phi) is 1.66. The number of halogens is 1. The summed E-state index contributed by atoms with van der Waals surface area (Å²) in [7, 11) is 0. The first kappa shape index (κ1) is 3.24. The van der Waals surface area contributed by atoms with Gasteiger partial charge in [-0.2, -0.15) is 0 Å². The molecule has 0 N–H and O–H groups in total. The Morgan fingerprint density at radius 2 is 2.67 bits per heavy atom. The predicted molar refractivity (Wildman–Crippen MR) is 36.6 cm³/mol. The maximum atomic E-state index is 10.6. The number of carbonyl (C=O) groups excluding carboxylic acids is 1. The Balaban J connectivity index is 5.18. The van der Waals surface area contributed by atoms with E-state index in [1.165, 1.54) is 0 Å². The standard InChI is InChI=1S/C6H11ClO2/c1-3-6(4-7)9-5(2)8/h6H,3-4H2,1-2H3/t6-/m0/s1/i3D2,4D2,6D. The number of rotatable bonds is 3. The third-order valence-corrected chi connectivity index (χ3v) is 0.730. The van der Waals surface area contributed by atoms with E-state index in [2.05, 4.69) is 4.74 Å². The average Bonchev–Trinajstić information content (AvgIpc) is 1.79. The fourth-order valence-corrected chi connectivity index (χ4v) is 0.394. The average molecular weight is 156 g/mol. The molecule has 0 saturated carbocycles. The molecule has 1 atom stereocenters. The minimum absolute atomic E-state index is 0.920. The van der Waals surface area contributed by atoms with Gasteiger partial charge >= 0.3 is 5.97 Å². The van der Waals surface area contributed by atoms with E-state index in [1.807, 2.05) is 0 Å². The summed E-state index contributed by atoms with van der Waals surface area (Å²) in [6.45, 7) is 1.88. The maximum Gasteiger partial charge on any atom is 0.302 e. The molecule has 9 heavy (non-hydrogen) atoms. The van der Waals surface area contributed by atoms with Gasteiger partial charge in [0.1, 0.15) is 6.08 Å². The quantitative estimate of drug-likeness (QED) is 0.457. The van der Waals surface area contributed by atoms with Crippen LogP contribution < -0.4 is 0 Å². The fraction of sp³-hybridized carbons (Fsp3) is 0.833. The summed E-state index contributed by atoms with van der Waals surface area (Å²) < 4.78 is 40.3. The van der Waals surface area contributed by atoms with Crippen LogP contribution in [0.2, 0.25) is 0 Å². The number of carbonyl (C=O) groups is 1. The Morgan fingerprint density at radius 1 is 2.11 bits per heavy atom. The Morgan fingerprint density at radius 3 is 2.78 bits per heavy atom. The van der Waals surface area contributed by atoms with Crippen molar-refractivity contribution in [3.63, 3.8) is 0 Å². The summed E-state index contributed by atoms with van der Waals surface area (Å²) >= 11 is 5.20. The lowest BCUT2D eigenvalue weighted by atomic mass is 10.3. The molecule has 0 spiro atoms. The third kappa shape index (κ3) is 4.28. The molecule has 0 amide bonds. The van der Waals surface area contributed by atoms with Gasteiger partial charge in [0.25, 0.3) is 0 Å². The molecule has 0 aliphatic heterocycles. The van der Waals surface area contributed by atoms with E-state index in [4.69, 9.17) is 18.5 Å². The van der Waals surface area contributed by atoms with Gasteiger partial charge in [-0.05, 0) is 6.37 Å². The van der Waals surface area contributed by atoms with Crippen LogP contribution in [0.25, 0.3) is 0 Å². The molecule has 0 radical (unpaired) electrons. The minimum atomic E-state index is -2.81. The lowest BCUT2D eigenvalue weighted by Gasteiger charge is -2.09. The highest BCUT2D eigenvalue weighted by Crippen LogP contribution is 1.99. The van der Waals surface area contributed by atoms with Crippen molar-refractivity contribution in [1.82, 2.24) is 0 Å². The molecule has 2 nitrogen and oxygen atoms in total. The summed E-state index contributed by atoms with van der Waals surface area (Å²) in [4.78, 5) is 10.6. The molecule has 0 unspecified atom stereocenters. The van der Waals surface area contributed by atoms with Gasteiger partial charge in [0.2, 0.25) is 0 Å². The summed E-state index contributed by atoms with van der Waals surface area (Å²) in [5.41, 5.74) is 0. The summed E-state index contributed by atoms with van der Waals surface area (Å²) in [6.07, 6.45) is -5.18. The van der Waals surface area contributed by atoms with Gasteiger partial charge in [-0.1, -0.05) is 6.92 Å². The van der Waals surface area contributed by atoms with Crippen LogP contribution in [0, 0.1) is 0 Å².